The van der Waals surface area contributed by atoms with Crippen LogP contribution in [0, 0.1) is 12.3 Å². The lowest BCUT2D eigenvalue weighted by molar-refractivity contribution is 0.0509. The fourth-order valence-corrected chi connectivity index (χ4v) is 2.37. The van der Waals surface area contributed by atoms with Crippen LogP contribution in [0.15, 0.2) is 24.3 Å². The summed E-state index contributed by atoms with van der Waals surface area (Å²) in [5, 5.41) is 22.5. The largest absolute Gasteiger partial charge is 0.396 e. The molecule has 0 radical (unpaired) electrons. The van der Waals surface area contributed by atoms with E-state index in [1.54, 1.807) is 14.0 Å². The molecule has 0 unspecified atom stereocenters. The fourth-order valence-electron chi connectivity index (χ4n) is 2.37. The van der Waals surface area contributed by atoms with E-state index in [9.17, 15) is 15.0 Å². The minimum atomic E-state index is -0.714. The summed E-state index contributed by atoms with van der Waals surface area (Å²) in [4.78, 5) is 16.9. The summed E-state index contributed by atoms with van der Waals surface area (Å²) >= 11 is 0. The quantitative estimate of drug-likeness (QED) is 0.680. The second-order valence-electron chi connectivity index (χ2n) is 6.17. The van der Waals surface area contributed by atoms with E-state index in [1.165, 1.54) is 4.90 Å². The summed E-state index contributed by atoms with van der Waals surface area (Å²) in [6.07, 6.45) is 0. The summed E-state index contributed by atoms with van der Waals surface area (Å²) in [7, 11) is 1.64. The van der Waals surface area contributed by atoms with Gasteiger partial charge in [0.1, 0.15) is 0 Å². The number of aliphatic hydroxyl groups excluding tert-OH is 2. The maximum absolute atomic E-state index is 12.2. The Morgan fingerprint density at radius 1 is 1.32 bits per heavy atom. The number of anilines is 1. The Labute approximate surface area is 129 Å². The summed E-state index contributed by atoms with van der Waals surface area (Å²) in [5.41, 5.74) is 2.08. The summed E-state index contributed by atoms with van der Waals surface area (Å²) in [6.45, 7) is 3.60. The number of aliphatic hydroxyl groups is 2. The molecule has 0 saturated heterocycles. The van der Waals surface area contributed by atoms with Crippen molar-refractivity contribution in [3.63, 3.8) is 0 Å². The SMILES string of the molecule is Cc1cc2cc(NC(=O)N(C)CC(C)(CO)CO)ccc2[nH]1. The highest BCUT2D eigenvalue weighted by Gasteiger charge is 2.26. The molecule has 1 aromatic carbocycles. The Morgan fingerprint density at radius 2 is 2.00 bits per heavy atom. The van der Waals surface area contributed by atoms with Gasteiger partial charge in [-0.05, 0) is 31.2 Å². The molecule has 2 amide bonds. The third-order valence-corrected chi connectivity index (χ3v) is 3.74. The molecule has 2 rings (SSSR count). The van der Waals surface area contributed by atoms with Crippen molar-refractivity contribution in [2.24, 2.45) is 5.41 Å². The standard InChI is InChI=1S/C16H23N3O3/c1-11-6-12-7-13(4-5-14(12)17-11)18-15(22)19(3)8-16(2,9-20)10-21/h4-7,17,20-21H,8-10H2,1-3H3,(H,18,22). The molecule has 0 aliphatic rings. The van der Waals surface area contributed by atoms with Gasteiger partial charge in [0.15, 0.2) is 0 Å². The molecule has 0 atom stereocenters. The number of nitrogens with zero attached hydrogens (tertiary/aromatic N) is 1. The molecular weight excluding hydrogens is 282 g/mol. The molecule has 120 valence electrons. The van der Waals surface area contributed by atoms with E-state index in [-0.39, 0.29) is 25.8 Å². The average Bonchev–Trinajstić information content (AvgIpc) is 2.86. The average molecular weight is 305 g/mol. The van der Waals surface area contributed by atoms with E-state index in [0.717, 1.165) is 16.6 Å². The van der Waals surface area contributed by atoms with Gasteiger partial charge in [-0.15, -0.1) is 0 Å². The fraction of sp³-hybridized carbons (Fsp3) is 0.438. The first-order valence-corrected chi connectivity index (χ1v) is 7.20. The number of urea groups is 1. The number of rotatable bonds is 5. The number of nitrogens with one attached hydrogen (secondary N) is 2. The third kappa shape index (κ3) is 3.58. The lowest BCUT2D eigenvalue weighted by atomic mass is 9.92. The Bertz CT molecular complexity index is 662. The Morgan fingerprint density at radius 3 is 2.64 bits per heavy atom. The minimum absolute atomic E-state index is 0.185. The van der Waals surface area contributed by atoms with E-state index >= 15 is 0 Å². The maximum atomic E-state index is 12.2. The molecule has 2 aromatic rings. The smallest absolute Gasteiger partial charge is 0.321 e. The molecule has 6 heteroatoms. The number of aromatic nitrogens is 1. The van der Waals surface area contributed by atoms with Gasteiger partial charge in [0.25, 0.3) is 0 Å². The van der Waals surface area contributed by atoms with Crippen LogP contribution < -0.4 is 5.32 Å². The number of aromatic amines is 1. The van der Waals surface area contributed by atoms with Crippen molar-refractivity contribution < 1.29 is 15.0 Å². The summed E-state index contributed by atoms with van der Waals surface area (Å²) in [6, 6.07) is 7.40. The first-order chi connectivity index (χ1) is 10.4. The van der Waals surface area contributed by atoms with Gasteiger partial charge in [-0.25, -0.2) is 4.79 Å². The van der Waals surface area contributed by atoms with Crippen LogP contribution in [-0.4, -0.2) is 52.9 Å². The Kier molecular flexibility index (Phi) is 4.73. The van der Waals surface area contributed by atoms with Gasteiger partial charge >= 0.3 is 6.03 Å². The van der Waals surface area contributed by atoms with Gasteiger partial charge in [0.05, 0.1) is 13.2 Å². The van der Waals surface area contributed by atoms with E-state index in [2.05, 4.69) is 10.3 Å². The highest BCUT2D eigenvalue weighted by Crippen LogP contribution is 2.21. The molecule has 0 saturated carbocycles. The molecule has 22 heavy (non-hydrogen) atoms. The van der Waals surface area contributed by atoms with Crippen LogP contribution >= 0.6 is 0 Å². The molecule has 1 heterocycles. The molecule has 1 aromatic heterocycles. The van der Waals surface area contributed by atoms with Crippen LogP contribution in [0.25, 0.3) is 10.9 Å². The van der Waals surface area contributed by atoms with Crippen molar-refractivity contribution in [2.75, 3.05) is 32.1 Å². The molecule has 6 nitrogen and oxygen atoms in total. The van der Waals surface area contributed by atoms with E-state index in [0.29, 0.717) is 5.69 Å². The number of H-pyrrole nitrogens is 1. The van der Waals surface area contributed by atoms with Crippen LogP contribution in [0.4, 0.5) is 10.5 Å². The van der Waals surface area contributed by atoms with E-state index in [4.69, 9.17) is 0 Å². The molecule has 0 aliphatic heterocycles. The zero-order valence-electron chi connectivity index (χ0n) is 13.2. The monoisotopic (exact) mass is 305 g/mol. The zero-order valence-corrected chi connectivity index (χ0v) is 13.2. The second kappa shape index (κ2) is 6.37. The van der Waals surface area contributed by atoms with E-state index in [1.807, 2.05) is 31.2 Å². The van der Waals surface area contributed by atoms with Gasteiger partial charge in [-0.3, -0.25) is 0 Å². The van der Waals surface area contributed by atoms with Crippen LogP contribution in [0.5, 0.6) is 0 Å². The molecule has 0 aliphatic carbocycles. The molecule has 4 N–H and O–H groups in total. The number of aryl methyl sites for hydroxylation is 1. The second-order valence-corrected chi connectivity index (χ2v) is 6.17. The van der Waals surface area contributed by atoms with Crippen molar-refractivity contribution in [1.29, 1.82) is 0 Å². The zero-order chi connectivity index (χ0) is 16.3. The molecular formula is C16H23N3O3. The van der Waals surface area contributed by atoms with Crippen molar-refractivity contribution in [1.82, 2.24) is 9.88 Å². The lowest BCUT2D eigenvalue weighted by Crippen LogP contribution is -2.43. The maximum Gasteiger partial charge on any atom is 0.321 e. The highest BCUT2D eigenvalue weighted by atomic mass is 16.3. The van der Waals surface area contributed by atoms with Gasteiger partial charge in [0.2, 0.25) is 0 Å². The number of fused-ring (bicyclic) bond motifs is 1. The van der Waals surface area contributed by atoms with Crippen LogP contribution in [0.3, 0.4) is 0 Å². The lowest BCUT2D eigenvalue weighted by Gasteiger charge is -2.30. The number of hydrogen-bond donors (Lipinski definition) is 4. The molecule has 0 bridgehead atoms. The van der Waals surface area contributed by atoms with Gasteiger partial charge < -0.3 is 25.4 Å². The summed E-state index contributed by atoms with van der Waals surface area (Å²) < 4.78 is 0. The topological polar surface area (TPSA) is 88.6 Å². The third-order valence-electron chi connectivity index (χ3n) is 3.74. The number of amides is 2. The molecule has 0 spiro atoms. The van der Waals surface area contributed by atoms with Crippen LogP contribution in [0.1, 0.15) is 12.6 Å². The normalized spacial score (nSPS) is 11.7. The first kappa shape index (κ1) is 16.3. The number of benzene rings is 1. The van der Waals surface area contributed by atoms with Crippen molar-refractivity contribution in [3.8, 4) is 0 Å². The van der Waals surface area contributed by atoms with Crippen LogP contribution in [-0.2, 0) is 0 Å². The Balaban J connectivity index is 2.06. The van der Waals surface area contributed by atoms with Gasteiger partial charge in [-0.2, -0.15) is 0 Å². The Hall–Kier alpha value is -2.05. The summed E-state index contributed by atoms with van der Waals surface area (Å²) in [5.74, 6) is 0. The van der Waals surface area contributed by atoms with Crippen LogP contribution in [0.2, 0.25) is 0 Å². The number of carbonyl (C=O) groups is 1. The van der Waals surface area contributed by atoms with Gasteiger partial charge in [0, 0.05) is 41.3 Å². The number of carbonyl (C=O) groups excluding carboxylic acids is 1. The van der Waals surface area contributed by atoms with E-state index < -0.39 is 5.41 Å². The highest BCUT2D eigenvalue weighted by molar-refractivity contribution is 5.92. The van der Waals surface area contributed by atoms with Gasteiger partial charge in [-0.1, -0.05) is 6.92 Å². The van der Waals surface area contributed by atoms with Crippen molar-refractivity contribution >= 4 is 22.6 Å². The minimum Gasteiger partial charge on any atom is -0.396 e. The predicted molar refractivity (Wildman–Crippen MR) is 87.0 cm³/mol. The predicted octanol–water partition coefficient (Wildman–Crippen LogP) is 1.93. The van der Waals surface area contributed by atoms with Crippen molar-refractivity contribution in [3.05, 3.63) is 30.0 Å². The van der Waals surface area contributed by atoms with Crippen molar-refractivity contribution in [2.45, 2.75) is 13.8 Å². The molecule has 0 fully saturated rings. The number of hydrogen-bond acceptors (Lipinski definition) is 3. The first-order valence-electron chi connectivity index (χ1n) is 7.20.